The number of benzene rings is 1. The Balaban J connectivity index is 1.92. The summed E-state index contributed by atoms with van der Waals surface area (Å²) in [6.07, 6.45) is 3.85. The number of nitrogens with two attached hydrogens (primary N) is 1. The molecule has 5 nitrogen and oxygen atoms in total. The topological polar surface area (TPSA) is 76.4 Å². The van der Waals surface area contributed by atoms with Crippen molar-refractivity contribution < 1.29 is 9.53 Å². The summed E-state index contributed by atoms with van der Waals surface area (Å²) in [6, 6.07) is 6.73. The molecule has 0 saturated carbocycles. The van der Waals surface area contributed by atoms with Crippen molar-refractivity contribution in [3.05, 3.63) is 29.3 Å². The van der Waals surface area contributed by atoms with Gasteiger partial charge < -0.3 is 21.1 Å². The first-order valence-corrected chi connectivity index (χ1v) is 8.89. The molecular formula is C19H31N3O2. The highest BCUT2D eigenvalue weighted by molar-refractivity contribution is 5.67. The van der Waals surface area contributed by atoms with Gasteiger partial charge in [0.05, 0.1) is 0 Å². The molecule has 1 aliphatic carbocycles. The molecule has 24 heavy (non-hydrogen) atoms. The van der Waals surface area contributed by atoms with Crippen LogP contribution in [0.5, 0.6) is 0 Å². The van der Waals surface area contributed by atoms with Crippen LogP contribution in [0.1, 0.15) is 64.1 Å². The average molecular weight is 333 g/mol. The van der Waals surface area contributed by atoms with Crippen LogP contribution in [-0.4, -0.2) is 24.3 Å². The van der Waals surface area contributed by atoms with Crippen LogP contribution in [0.2, 0.25) is 0 Å². The fourth-order valence-electron chi connectivity index (χ4n) is 3.21. The van der Waals surface area contributed by atoms with E-state index in [-0.39, 0.29) is 12.1 Å². The van der Waals surface area contributed by atoms with E-state index < -0.39 is 5.60 Å². The summed E-state index contributed by atoms with van der Waals surface area (Å²) in [5.41, 5.74) is 8.90. The molecule has 0 heterocycles. The van der Waals surface area contributed by atoms with Crippen molar-refractivity contribution in [3.8, 4) is 0 Å². The summed E-state index contributed by atoms with van der Waals surface area (Å²) >= 11 is 0. The number of rotatable bonds is 6. The van der Waals surface area contributed by atoms with Crippen molar-refractivity contribution in [3.63, 3.8) is 0 Å². The Hall–Kier alpha value is -1.75. The molecule has 0 bridgehead atoms. The van der Waals surface area contributed by atoms with Crippen LogP contribution in [0.3, 0.4) is 0 Å². The van der Waals surface area contributed by atoms with E-state index in [0.29, 0.717) is 12.6 Å². The lowest BCUT2D eigenvalue weighted by atomic mass is 10.1. The summed E-state index contributed by atoms with van der Waals surface area (Å²) in [5, 5.41) is 6.59. The van der Waals surface area contributed by atoms with E-state index in [1.54, 1.807) is 0 Å². The smallest absolute Gasteiger partial charge is 0.407 e. The molecule has 1 aromatic carbocycles. The van der Waals surface area contributed by atoms with Gasteiger partial charge in [0.15, 0.2) is 0 Å². The number of anilines is 1. The molecule has 1 aromatic rings. The lowest BCUT2D eigenvalue weighted by Crippen LogP contribution is -2.43. The number of nitrogen functional groups attached to an aromatic ring is 1. The van der Waals surface area contributed by atoms with Crippen molar-refractivity contribution in [1.82, 2.24) is 10.6 Å². The Morgan fingerprint density at radius 2 is 2.17 bits per heavy atom. The van der Waals surface area contributed by atoms with E-state index in [2.05, 4.69) is 29.7 Å². The number of fused-ring (bicyclic) bond motifs is 1. The number of carbonyl (C=O) groups is 1. The first kappa shape index (κ1) is 18.6. The number of hydrogen-bond donors (Lipinski definition) is 3. The monoisotopic (exact) mass is 333 g/mol. The summed E-state index contributed by atoms with van der Waals surface area (Å²) in [5.74, 6) is 0. The number of ether oxygens (including phenoxy) is 1. The maximum absolute atomic E-state index is 11.9. The Morgan fingerprint density at radius 3 is 2.83 bits per heavy atom. The summed E-state index contributed by atoms with van der Waals surface area (Å²) < 4.78 is 5.31. The van der Waals surface area contributed by atoms with Crippen LogP contribution in [0, 0.1) is 0 Å². The number of hydrogen-bond acceptors (Lipinski definition) is 4. The van der Waals surface area contributed by atoms with Crippen LogP contribution in [0.4, 0.5) is 10.5 Å². The van der Waals surface area contributed by atoms with Gasteiger partial charge in [-0.2, -0.15) is 0 Å². The SMILES string of the molecule is CCCC(CNC(=O)OC(C)(C)C)NC1CCc2cc(N)ccc21. The third kappa shape index (κ3) is 5.41. The van der Waals surface area contributed by atoms with E-state index in [1.165, 1.54) is 11.1 Å². The quantitative estimate of drug-likeness (QED) is 0.696. The molecule has 1 aliphatic rings. The summed E-state index contributed by atoms with van der Waals surface area (Å²) in [6.45, 7) is 8.34. The highest BCUT2D eigenvalue weighted by atomic mass is 16.6. The first-order chi connectivity index (χ1) is 11.3. The van der Waals surface area contributed by atoms with Gasteiger partial charge in [-0.3, -0.25) is 0 Å². The van der Waals surface area contributed by atoms with Crippen LogP contribution < -0.4 is 16.4 Å². The minimum Gasteiger partial charge on any atom is -0.444 e. The summed E-state index contributed by atoms with van der Waals surface area (Å²) in [7, 11) is 0. The third-order valence-corrected chi connectivity index (χ3v) is 4.21. The average Bonchev–Trinajstić information content (AvgIpc) is 2.85. The Morgan fingerprint density at radius 1 is 1.42 bits per heavy atom. The third-order valence-electron chi connectivity index (χ3n) is 4.21. The largest absolute Gasteiger partial charge is 0.444 e. The summed E-state index contributed by atoms with van der Waals surface area (Å²) in [4.78, 5) is 11.9. The molecule has 5 heteroatoms. The zero-order valence-corrected chi connectivity index (χ0v) is 15.3. The van der Waals surface area contributed by atoms with Crippen molar-refractivity contribution >= 4 is 11.8 Å². The number of carbonyl (C=O) groups excluding carboxylic acids is 1. The molecule has 0 fully saturated rings. The molecule has 2 atom stereocenters. The number of nitrogens with one attached hydrogen (secondary N) is 2. The zero-order chi connectivity index (χ0) is 17.7. The molecule has 0 aliphatic heterocycles. The van der Waals surface area contributed by atoms with E-state index in [1.807, 2.05) is 26.8 Å². The van der Waals surface area contributed by atoms with E-state index in [4.69, 9.17) is 10.5 Å². The number of aryl methyl sites for hydroxylation is 1. The Bertz CT molecular complexity index is 566. The van der Waals surface area contributed by atoms with E-state index in [0.717, 1.165) is 31.4 Å². The minimum absolute atomic E-state index is 0.232. The lowest BCUT2D eigenvalue weighted by molar-refractivity contribution is 0.0521. The van der Waals surface area contributed by atoms with E-state index in [9.17, 15) is 4.79 Å². The molecule has 2 unspecified atom stereocenters. The normalized spacial score (nSPS) is 18.1. The maximum Gasteiger partial charge on any atom is 0.407 e. The van der Waals surface area contributed by atoms with Crippen LogP contribution in [0.25, 0.3) is 0 Å². The number of alkyl carbamates (subject to hydrolysis) is 1. The highest BCUT2D eigenvalue weighted by Gasteiger charge is 2.25. The van der Waals surface area contributed by atoms with Crippen molar-refractivity contribution in [2.45, 2.75) is 71.1 Å². The van der Waals surface area contributed by atoms with Gasteiger partial charge in [0.25, 0.3) is 0 Å². The second kappa shape index (κ2) is 7.88. The van der Waals surface area contributed by atoms with Gasteiger partial charge in [0.2, 0.25) is 0 Å². The molecule has 2 rings (SSSR count). The van der Waals surface area contributed by atoms with Gasteiger partial charge in [-0.1, -0.05) is 19.4 Å². The molecule has 4 N–H and O–H groups in total. The van der Waals surface area contributed by atoms with Gasteiger partial charge in [0.1, 0.15) is 5.60 Å². The lowest BCUT2D eigenvalue weighted by Gasteiger charge is -2.25. The fourth-order valence-corrected chi connectivity index (χ4v) is 3.21. The highest BCUT2D eigenvalue weighted by Crippen LogP contribution is 2.32. The predicted molar refractivity (Wildman–Crippen MR) is 98.0 cm³/mol. The molecule has 0 radical (unpaired) electrons. The van der Waals surface area contributed by atoms with Crippen LogP contribution >= 0.6 is 0 Å². The predicted octanol–water partition coefficient (Wildman–Crippen LogP) is 3.54. The van der Waals surface area contributed by atoms with Gasteiger partial charge >= 0.3 is 6.09 Å². The molecular weight excluding hydrogens is 302 g/mol. The zero-order valence-electron chi connectivity index (χ0n) is 15.3. The number of amides is 1. The van der Waals surface area contributed by atoms with Gasteiger partial charge in [-0.15, -0.1) is 0 Å². The second-order valence-corrected chi connectivity index (χ2v) is 7.58. The van der Waals surface area contributed by atoms with Crippen molar-refractivity contribution in [2.24, 2.45) is 0 Å². The molecule has 0 spiro atoms. The molecule has 1 amide bonds. The van der Waals surface area contributed by atoms with Gasteiger partial charge in [0, 0.05) is 24.3 Å². The van der Waals surface area contributed by atoms with Gasteiger partial charge in [-0.05, 0) is 63.3 Å². The molecule has 0 aromatic heterocycles. The minimum atomic E-state index is -0.470. The van der Waals surface area contributed by atoms with Crippen LogP contribution in [0.15, 0.2) is 18.2 Å². The molecule has 134 valence electrons. The van der Waals surface area contributed by atoms with Crippen LogP contribution in [-0.2, 0) is 11.2 Å². The van der Waals surface area contributed by atoms with Crippen molar-refractivity contribution in [1.29, 1.82) is 0 Å². The Labute approximate surface area is 145 Å². The molecule has 0 saturated heterocycles. The fraction of sp³-hybridized carbons (Fsp3) is 0.632. The Kier molecular flexibility index (Phi) is 6.10. The van der Waals surface area contributed by atoms with Gasteiger partial charge in [-0.25, -0.2) is 4.79 Å². The first-order valence-electron chi connectivity index (χ1n) is 8.89. The standard InChI is InChI=1S/C19H31N3O2/c1-5-6-15(12-21-18(23)24-19(2,3)4)22-17-10-7-13-11-14(20)8-9-16(13)17/h8-9,11,15,17,22H,5-7,10,12,20H2,1-4H3,(H,21,23). The van der Waals surface area contributed by atoms with E-state index >= 15 is 0 Å². The second-order valence-electron chi connectivity index (χ2n) is 7.58. The maximum atomic E-state index is 11.9. The van der Waals surface area contributed by atoms with Crippen molar-refractivity contribution in [2.75, 3.05) is 12.3 Å².